The minimum atomic E-state index is -0.768. The van der Waals surface area contributed by atoms with Crippen LogP contribution in [0.25, 0.3) is 0 Å². The average molecular weight is 290 g/mol. The van der Waals surface area contributed by atoms with Crippen LogP contribution in [-0.2, 0) is 16.1 Å². The zero-order valence-corrected chi connectivity index (χ0v) is 11.8. The third-order valence-electron chi connectivity index (χ3n) is 3.18. The zero-order chi connectivity index (χ0) is 13.2. The number of aliphatic carboxylic acids is 1. The molecule has 4 nitrogen and oxygen atoms in total. The zero-order valence-electron chi connectivity index (χ0n) is 10.2. The molecule has 2 rings (SSSR count). The van der Waals surface area contributed by atoms with Crippen LogP contribution in [0.2, 0.25) is 4.34 Å². The maximum atomic E-state index is 11.4. The van der Waals surface area contributed by atoms with Crippen molar-refractivity contribution in [1.82, 2.24) is 4.90 Å². The number of hydrogen-bond donors (Lipinski definition) is 1. The van der Waals surface area contributed by atoms with Crippen molar-refractivity contribution in [2.24, 2.45) is 5.41 Å². The smallest absolute Gasteiger partial charge is 0.313 e. The molecule has 0 amide bonds. The van der Waals surface area contributed by atoms with Gasteiger partial charge in [-0.15, -0.1) is 11.3 Å². The SMILES string of the molecule is CN(Cc1ccc(Cl)s1)CC1(C(=O)O)CCOC1. The molecule has 1 saturated heterocycles. The molecular weight excluding hydrogens is 274 g/mol. The fraction of sp³-hybridized carbons (Fsp3) is 0.583. The van der Waals surface area contributed by atoms with Gasteiger partial charge in [-0.1, -0.05) is 11.6 Å². The minimum Gasteiger partial charge on any atom is -0.481 e. The summed E-state index contributed by atoms with van der Waals surface area (Å²) in [6, 6.07) is 3.84. The van der Waals surface area contributed by atoms with E-state index in [1.54, 1.807) is 0 Å². The van der Waals surface area contributed by atoms with Gasteiger partial charge in [-0.2, -0.15) is 0 Å². The van der Waals surface area contributed by atoms with Crippen molar-refractivity contribution in [1.29, 1.82) is 0 Å². The molecule has 0 aliphatic carbocycles. The van der Waals surface area contributed by atoms with Crippen LogP contribution >= 0.6 is 22.9 Å². The number of nitrogens with zero attached hydrogens (tertiary/aromatic N) is 1. The van der Waals surface area contributed by atoms with Crippen LogP contribution in [0.4, 0.5) is 0 Å². The van der Waals surface area contributed by atoms with Crippen LogP contribution < -0.4 is 0 Å². The second kappa shape index (κ2) is 5.57. The lowest BCUT2D eigenvalue weighted by atomic mass is 9.87. The average Bonchev–Trinajstić information content (AvgIpc) is 2.89. The molecule has 0 radical (unpaired) electrons. The lowest BCUT2D eigenvalue weighted by Gasteiger charge is -2.28. The number of thiophene rings is 1. The predicted molar refractivity (Wildman–Crippen MR) is 71.2 cm³/mol. The van der Waals surface area contributed by atoms with Gasteiger partial charge in [0.05, 0.1) is 10.9 Å². The Balaban J connectivity index is 1.97. The highest BCUT2D eigenvalue weighted by atomic mass is 35.5. The summed E-state index contributed by atoms with van der Waals surface area (Å²) in [5, 5.41) is 9.36. The van der Waals surface area contributed by atoms with Gasteiger partial charge in [-0.05, 0) is 25.6 Å². The van der Waals surface area contributed by atoms with E-state index in [4.69, 9.17) is 16.3 Å². The van der Waals surface area contributed by atoms with Gasteiger partial charge in [0.15, 0.2) is 0 Å². The topological polar surface area (TPSA) is 49.8 Å². The van der Waals surface area contributed by atoms with E-state index >= 15 is 0 Å². The molecule has 0 bridgehead atoms. The van der Waals surface area contributed by atoms with Gasteiger partial charge < -0.3 is 14.7 Å². The Morgan fingerprint density at radius 2 is 2.44 bits per heavy atom. The Kier molecular flexibility index (Phi) is 4.27. The molecule has 18 heavy (non-hydrogen) atoms. The third kappa shape index (κ3) is 3.03. The monoisotopic (exact) mass is 289 g/mol. The van der Waals surface area contributed by atoms with Gasteiger partial charge in [0.25, 0.3) is 0 Å². The molecular formula is C12H16ClNO3S. The predicted octanol–water partition coefficient (Wildman–Crippen LogP) is 2.32. The lowest BCUT2D eigenvalue weighted by molar-refractivity contribution is -0.150. The lowest BCUT2D eigenvalue weighted by Crippen LogP contribution is -2.42. The molecule has 1 atom stereocenters. The van der Waals surface area contributed by atoms with Crippen molar-refractivity contribution < 1.29 is 14.6 Å². The molecule has 6 heteroatoms. The van der Waals surface area contributed by atoms with Crippen LogP contribution in [0, 0.1) is 5.41 Å². The van der Waals surface area contributed by atoms with E-state index in [1.807, 2.05) is 24.1 Å². The van der Waals surface area contributed by atoms with Crippen molar-refractivity contribution in [2.75, 3.05) is 26.8 Å². The highest BCUT2D eigenvalue weighted by Crippen LogP contribution is 2.31. The van der Waals surface area contributed by atoms with Crippen LogP contribution in [0.3, 0.4) is 0 Å². The summed E-state index contributed by atoms with van der Waals surface area (Å²) in [7, 11) is 1.93. The Morgan fingerprint density at radius 1 is 1.67 bits per heavy atom. The molecule has 0 aromatic carbocycles. The number of hydrogen-bond acceptors (Lipinski definition) is 4. The first-order chi connectivity index (χ1) is 8.52. The van der Waals surface area contributed by atoms with Gasteiger partial charge in [0.1, 0.15) is 5.41 Å². The number of rotatable bonds is 5. The number of halogens is 1. The van der Waals surface area contributed by atoms with Crippen LogP contribution in [0.5, 0.6) is 0 Å². The van der Waals surface area contributed by atoms with Gasteiger partial charge in [0.2, 0.25) is 0 Å². The van der Waals surface area contributed by atoms with Crippen LogP contribution in [0.1, 0.15) is 11.3 Å². The summed E-state index contributed by atoms with van der Waals surface area (Å²) >= 11 is 7.40. The quantitative estimate of drug-likeness (QED) is 0.904. The molecule has 1 aromatic rings. The van der Waals surface area contributed by atoms with Crippen LogP contribution in [-0.4, -0.2) is 42.8 Å². The van der Waals surface area contributed by atoms with Crippen molar-refractivity contribution in [3.05, 3.63) is 21.3 Å². The van der Waals surface area contributed by atoms with E-state index < -0.39 is 11.4 Å². The normalized spacial score (nSPS) is 23.7. The van der Waals surface area contributed by atoms with Gasteiger partial charge in [-0.25, -0.2) is 0 Å². The summed E-state index contributed by atoms with van der Waals surface area (Å²) in [6.45, 7) is 2.05. The Labute approximate surface area is 115 Å². The molecule has 0 spiro atoms. The number of carboxylic acid groups (broad SMARTS) is 1. The second-order valence-corrected chi connectivity index (χ2v) is 6.57. The maximum absolute atomic E-state index is 11.4. The summed E-state index contributed by atoms with van der Waals surface area (Å²) in [5.74, 6) is -0.768. The van der Waals surface area contributed by atoms with Crippen molar-refractivity contribution in [2.45, 2.75) is 13.0 Å². The van der Waals surface area contributed by atoms with E-state index in [1.165, 1.54) is 11.3 Å². The first-order valence-electron chi connectivity index (χ1n) is 5.76. The fourth-order valence-electron chi connectivity index (χ4n) is 2.24. The minimum absolute atomic E-state index is 0.303. The third-order valence-corrected chi connectivity index (χ3v) is 4.40. The molecule has 100 valence electrons. The number of carbonyl (C=O) groups is 1. The summed E-state index contributed by atoms with van der Waals surface area (Å²) < 4.78 is 6.01. The highest BCUT2D eigenvalue weighted by molar-refractivity contribution is 7.16. The van der Waals surface area contributed by atoms with Crippen molar-refractivity contribution in [3.63, 3.8) is 0 Å². The van der Waals surface area contributed by atoms with Gasteiger partial charge in [0, 0.05) is 24.6 Å². The maximum Gasteiger partial charge on any atom is 0.313 e. The van der Waals surface area contributed by atoms with Gasteiger partial charge in [-0.3, -0.25) is 4.79 Å². The molecule has 1 N–H and O–H groups in total. The van der Waals surface area contributed by atoms with E-state index in [0.717, 1.165) is 9.21 Å². The molecule has 2 heterocycles. The standard InChI is InChI=1S/C12H16ClNO3S/c1-14(6-9-2-3-10(13)18-9)7-12(11(15)16)4-5-17-8-12/h2-3H,4-8H2,1H3,(H,15,16). The molecule has 1 aliphatic heterocycles. The van der Waals surface area contributed by atoms with Crippen LogP contribution in [0.15, 0.2) is 12.1 Å². The molecule has 1 unspecified atom stereocenters. The molecule has 1 aliphatic rings. The summed E-state index contributed by atoms with van der Waals surface area (Å²) in [4.78, 5) is 14.5. The Hall–Kier alpha value is -0.620. The van der Waals surface area contributed by atoms with Crippen molar-refractivity contribution in [3.8, 4) is 0 Å². The van der Waals surface area contributed by atoms with Gasteiger partial charge >= 0.3 is 5.97 Å². The molecule has 1 fully saturated rings. The number of carboxylic acids is 1. The molecule has 1 aromatic heterocycles. The van der Waals surface area contributed by atoms with E-state index in [2.05, 4.69) is 0 Å². The Morgan fingerprint density at radius 3 is 2.94 bits per heavy atom. The second-order valence-electron chi connectivity index (χ2n) is 4.77. The first kappa shape index (κ1) is 13.8. The highest BCUT2D eigenvalue weighted by Gasteiger charge is 2.43. The molecule has 0 saturated carbocycles. The largest absolute Gasteiger partial charge is 0.481 e. The fourth-order valence-corrected chi connectivity index (χ4v) is 3.41. The van der Waals surface area contributed by atoms with Crippen molar-refractivity contribution >= 4 is 28.9 Å². The number of ether oxygens (including phenoxy) is 1. The Bertz CT molecular complexity index is 429. The van der Waals surface area contributed by atoms with E-state index in [9.17, 15) is 9.90 Å². The first-order valence-corrected chi connectivity index (χ1v) is 6.95. The summed E-state index contributed by atoms with van der Waals surface area (Å²) in [5.41, 5.74) is -0.754. The van der Waals surface area contributed by atoms with E-state index in [0.29, 0.717) is 32.7 Å². The summed E-state index contributed by atoms with van der Waals surface area (Å²) in [6.07, 6.45) is 0.581. The van der Waals surface area contributed by atoms with E-state index in [-0.39, 0.29) is 0 Å².